The van der Waals surface area contributed by atoms with Gasteiger partial charge in [-0.3, -0.25) is 9.59 Å². The number of piperazine rings is 1. The second-order valence-electron chi connectivity index (χ2n) is 6.30. The summed E-state index contributed by atoms with van der Waals surface area (Å²) < 4.78 is 0.880. The van der Waals surface area contributed by atoms with E-state index >= 15 is 0 Å². The molecule has 5 nitrogen and oxygen atoms in total. The lowest BCUT2D eigenvalue weighted by Gasteiger charge is -2.39. The van der Waals surface area contributed by atoms with Crippen LogP contribution in [0.2, 0.25) is 0 Å². The van der Waals surface area contributed by atoms with Gasteiger partial charge in [-0.15, -0.1) is 0 Å². The average Bonchev–Trinajstić information content (AvgIpc) is 2.91. The zero-order valence-electron chi connectivity index (χ0n) is 13.5. The highest BCUT2D eigenvalue weighted by Crippen LogP contribution is 2.32. The Morgan fingerprint density at radius 3 is 2.74 bits per heavy atom. The lowest BCUT2D eigenvalue weighted by atomic mass is 10.0. The lowest BCUT2D eigenvalue weighted by molar-refractivity contribution is -0.142. The highest BCUT2D eigenvalue weighted by molar-refractivity contribution is 9.10. The number of nitrogens with zero attached hydrogens (tertiary/aromatic N) is 2. The predicted molar refractivity (Wildman–Crippen MR) is 93.2 cm³/mol. The zero-order chi connectivity index (χ0) is 16.6. The highest BCUT2D eigenvalue weighted by atomic mass is 79.9. The summed E-state index contributed by atoms with van der Waals surface area (Å²) in [5, 5.41) is 3.37. The van der Waals surface area contributed by atoms with Gasteiger partial charge in [-0.05, 0) is 48.3 Å². The molecule has 3 unspecified atom stereocenters. The van der Waals surface area contributed by atoms with Crippen LogP contribution in [0.15, 0.2) is 28.7 Å². The number of anilines is 1. The third kappa shape index (κ3) is 3.02. The van der Waals surface area contributed by atoms with Gasteiger partial charge in [0.2, 0.25) is 11.8 Å². The van der Waals surface area contributed by atoms with E-state index in [-0.39, 0.29) is 23.9 Å². The van der Waals surface area contributed by atoms with Crippen molar-refractivity contribution in [3.63, 3.8) is 0 Å². The average molecular weight is 380 g/mol. The summed E-state index contributed by atoms with van der Waals surface area (Å²) in [5.74, 6) is -0.652. The van der Waals surface area contributed by atoms with Crippen molar-refractivity contribution in [1.29, 1.82) is 0 Å². The Kier molecular flexibility index (Phi) is 4.73. The Hall–Kier alpha value is -1.40. The second kappa shape index (κ2) is 6.61. The van der Waals surface area contributed by atoms with Crippen LogP contribution in [-0.4, -0.2) is 48.4 Å². The summed E-state index contributed by atoms with van der Waals surface area (Å²) in [6, 6.07) is 8.01. The molecule has 2 aliphatic rings. The predicted octanol–water partition coefficient (Wildman–Crippen LogP) is 2.01. The van der Waals surface area contributed by atoms with Crippen molar-refractivity contribution in [2.45, 2.75) is 32.4 Å². The molecule has 3 rings (SSSR count). The van der Waals surface area contributed by atoms with Crippen LogP contribution in [0.1, 0.15) is 20.3 Å². The number of amides is 2. The van der Waals surface area contributed by atoms with Gasteiger partial charge >= 0.3 is 0 Å². The molecule has 23 heavy (non-hydrogen) atoms. The molecule has 0 aliphatic carbocycles. The van der Waals surface area contributed by atoms with Gasteiger partial charge in [-0.25, -0.2) is 0 Å². The third-order valence-corrected chi connectivity index (χ3v) is 5.63. The molecule has 2 amide bonds. The van der Waals surface area contributed by atoms with Crippen LogP contribution in [0.4, 0.5) is 5.69 Å². The Morgan fingerprint density at radius 1 is 1.26 bits per heavy atom. The minimum Gasteiger partial charge on any atom is -0.336 e. The minimum atomic E-state index is -0.546. The molecular formula is C17H22BrN3O2. The smallest absolute Gasteiger partial charge is 0.239 e. The number of hydrogen-bond acceptors (Lipinski definition) is 3. The van der Waals surface area contributed by atoms with Crippen molar-refractivity contribution in [2.24, 2.45) is 5.92 Å². The number of para-hydroxylation sites is 1. The van der Waals surface area contributed by atoms with E-state index in [1.54, 1.807) is 4.90 Å². The molecule has 0 bridgehead atoms. The third-order valence-electron chi connectivity index (χ3n) is 4.96. The minimum absolute atomic E-state index is 0.0228. The van der Waals surface area contributed by atoms with E-state index in [1.807, 2.05) is 36.1 Å². The maximum Gasteiger partial charge on any atom is 0.239 e. The lowest BCUT2D eigenvalue weighted by Crippen LogP contribution is -2.58. The molecule has 6 heteroatoms. The fourth-order valence-corrected chi connectivity index (χ4v) is 3.89. The summed E-state index contributed by atoms with van der Waals surface area (Å²) in [6.45, 7) is 6.16. The second-order valence-corrected chi connectivity index (χ2v) is 7.15. The first-order valence-corrected chi connectivity index (χ1v) is 8.89. The Balaban J connectivity index is 1.76. The van der Waals surface area contributed by atoms with Crippen LogP contribution in [0.25, 0.3) is 0 Å². The number of nitrogens with one attached hydrogen (secondary N) is 1. The molecule has 1 aromatic carbocycles. The van der Waals surface area contributed by atoms with Gasteiger partial charge in [0.1, 0.15) is 5.92 Å². The van der Waals surface area contributed by atoms with E-state index in [0.717, 1.165) is 16.7 Å². The van der Waals surface area contributed by atoms with Crippen LogP contribution in [0.5, 0.6) is 0 Å². The number of carbonyl (C=O) groups excluding carboxylic acids is 2. The van der Waals surface area contributed by atoms with Gasteiger partial charge in [0.15, 0.2) is 0 Å². The summed E-state index contributed by atoms with van der Waals surface area (Å²) in [7, 11) is 0. The van der Waals surface area contributed by atoms with Crippen molar-refractivity contribution in [1.82, 2.24) is 10.2 Å². The summed E-state index contributed by atoms with van der Waals surface area (Å²) in [5.41, 5.74) is 0.842. The molecule has 2 saturated heterocycles. The Bertz CT molecular complexity index is 622. The van der Waals surface area contributed by atoms with Crippen LogP contribution >= 0.6 is 15.9 Å². The molecule has 3 atom stereocenters. The van der Waals surface area contributed by atoms with E-state index in [4.69, 9.17) is 0 Å². The summed E-state index contributed by atoms with van der Waals surface area (Å²) in [4.78, 5) is 29.2. The van der Waals surface area contributed by atoms with Gasteiger partial charge < -0.3 is 15.1 Å². The van der Waals surface area contributed by atoms with Crippen molar-refractivity contribution >= 4 is 33.4 Å². The highest BCUT2D eigenvalue weighted by Gasteiger charge is 2.42. The topological polar surface area (TPSA) is 52.7 Å². The van der Waals surface area contributed by atoms with Crippen molar-refractivity contribution in [3.05, 3.63) is 28.7 Å². The van der Waals surface area contributed by atoms with Gasteiger partial charge in [0.25, 0.3) is 0 Å². The van der Waals surface area contributed by atoms with Crippen molar-refractivity contribution in [2.75, 3.05) is 24.5 Å². The standard InChI is InChI=1S/C17H22BrN3O2/c1-11-12(2)20(10-8-19-11)16(22)13-7-9-21(17(13)23)15-6-4-3-5-14(15)18/h3-6,11-13,19H,7-10H2,1-2H3. The zero-order valence-corrected chi connectivity index (χ0v) is 15.0. The number of halogens is 1. The molecule has 0 aromatic heterocycles. The quantitative estimate of drug-likeness (QED) is 0.799. The van der Waals surface area contributed by atoms with Crippen LogP contribution < -0.4 is 10.2 Å². The first kappa shape index (κ1) is 16.5. The van der Waals surface area contributed by atoms with Crippen LogP contribution in [0, 0.1) is 5.92 Å². The number of benzene rings is 1. The molecule has 2 heterocycles. The first-order chi connectivity index (χ1) is 11.0. The Labute approximate surface area is 145 Å². The molecule has 2 aliphatic heterocycles. The van der Waals surface area contributed by atoms with Gasteiger partial charge in [0, 0.05) is 36.2 Å². The maximum atomic E-state index is 12.9. The van der Waals surface area contributed by atoms with Gasteiger partial charge in [0.05, 0.1) is 5.69 Å². The number of carbonyl (C=O) groups is 2. The molecule has 0 spiro atoms. The first-order valence-electron chi connectivity index (χ1n) is 8.10. The summed E-state index contributed by atoms with van der Waals surface area (Å²) >= 11 is 3.49. The fourth-order valence-electron chi connectivity index (χ4n) is 3.39. The molecular weight excluding hydrogens is 358 g/mol. The molecule has 0 radical (unpaired) electrons. The van der Waals surface area contributed by atoms with E-state index in [1.165, 1.54) is 0 Å². The summed E-state index contributed by atoms with van der Waals surface area (Å²) in [6.07, 6.45) is 0.587. The van der Waals surface area contributed by atoms with Crippen LogP contribution in [0.3, 0.4) is 0 Å². The van der Waals surface area contributed by atoms with Crippen LogP contribution in [-0.2, 0) is 9.59 Å². The molecule has 2 fully saturated rings. The van der Waals surface area contributed by atoms with Gasteiger partial charge in [-0.2, -0.15) is 0 Å². The van der Waals surface area contributed by atoms with E-state index in [0.29, 0.717) is 19.5 Å². The monoisotopic (exact) mass is 379 g/mol. The molecule has 0 saturated carbocycles. The van der Waals surface area contributed by atoms with E-state index in [9.17, 15) is 9.59 Å². The largest absolute Gasteiger partial charge is 0.336 e. The number of hydrogen-bond donors (Lipinski definition) is 1. The SMILES string of the molecule is CC1NCCN(C(=O)C2CCN(c3ccccc3Br)C2=O)C1C. The fraction of sp³-hybridized carbons (Fsp3) is 0.529. The molecule has 1 N–H and O–H groups in total. The van der Waals surface area contributed by atoms with Crippen molar-refractivity contribution < 1.29 is 9.59 Å². The Morgan fingerprint density at radius 2 is 2.00 bits per heavy atom. The van der Waals surface area contributed by atoms with Crippen molar-refractivity contribution in [3.8, 4) is 0 Å². The number of rotatable bonds is 2. The van der Waals surface area contributed by atoms with E-state index < -0.39 is 5.92 Å². The normalized spacial score (nSPS) is 28.3. The van der Waals surface area contributed by atoms with E-state index in [2.05, 4.69) is 28.2 Å². The maximum absolute atomic E-state index is 12.9. The molecule has 1 aromatic rings. The molecule has 124 valence electrons. The van der Waals surface area contributed by atoms with Gasteiger partial charge in [-0.1, -0.05) is 12.1 Å².